The van der Waals surface area contributed by atoms with Gasteiger partial charge in [0, 0.05) is 11.0 Å². The van der Waals surface area contributed by atoms with Gasteiger partial charge in [-0.1, -0.05) is 0 Å². The van der Waals surface area contributed by atoms with Gasteiger partial charge in [-0.3, -0.25) is 15.4 Å². The first-order valence-electron chi connectivity index (χ1n) is 4.98. The van der Waals surface area contributed by atoms with Crippen LogP contribution in [0.15, 0.2) is 23.1 Å². The number of rotatable bonds is 3. The lowest BCUT2D eigenvalue weighted by atomic mass is 10.2. The second-order valence-electron chi connectivity index (χ2n) is 3.20. The van der Waals surface area contributed by atoms with Crippen molar-refractivity contribution in [2.24, 2.45) is 0 Å². The van der Waals surface area contributed by atoms with Crippen molar-refractivity contribution in [1.82, 2.24) is 5.32 Å². The minimum atomic E-state index is -0.790. The number of methoxy groups -OCH3 is 1. The molecule has 0 spiro atoms. The van der Waals surface area contributed by atoms with E-state index in [0.29, 0.717) is 4.90 Å². The van der Waals surface area contributed by atoms with Crippen LogP contribution < -0.4 is 10.6 Å². The van der Waals surface area contributed by atoms with Gasteiger partial charge < -0.3 is 10.1 Å². The number of thiocarbonyl (C=S) groups is 1. The quantitative estimate of drug-likeness (QED) is 0.287. The molecule has 104 valence electrons. The molecule has 0 heterocycles. The van der Waals surface area contributed by atoms with Crippen LogP contribution in [0.5, 0.6) is 0 Å². The Bertz CT molecular complexity index is 599. The topological polar surface area (TPSA) is 117 Å². The van der Waals surface area contributed by atoms with Crippen LogP contribution >= 0.6 is 24.0 Å². The number of amides is 1. The third kappa shape index (κ3) is 4.38. The predicted molar refractivity (Wildman–Crippen MR) is 76.3 cm³/mol. The Morgan fingerprint density at radius 3 is 2.85 bits per heavy atom. The summed E-state index contributed by atoms with van der Waals surface area (Å²) in [5.41, 5.74) is -0.169. The van der Waals surface area contributed by atoms with Gasteiger partial charge in [0.15, 0.2) is 5.11 Å². The minimum absolute atomic E-state index is 0.0960. The summed E-state index contributed by atoms with van der Waals surface area (Å²) in [5, 5.41) is 25.8. The maximum absolute atomic E-state index is 11.0. The Kier molecular flexibility index (Phi) is 5.70. The number of nitriles is 1. The normalized spacial score (nSPS) is 9.20. The molecule has 1 aromatic rings. The Morgan fingerprint density at radius 1 is 1.60 bits per heavy atom. The summed E-state index contributed by atoms with van der Waals surface area (Å²) in [4.78, 5) is 21.7. The molecule has 0 aliphatic heterocycles. The van der Waals surface area contributed by atoms with E-state index < -0.39 is 11.0 Å². The molecule has 0 saturated carbocycles. The van der Waals surface area contributed by atoms with E-state index in [4.69, 9.17) is 17.5 Å². The Hall–Kier alpha value is -2.38. The minimum Gasteiger partial charge on any atom is -0.453 e. The molecule has 2 N–H and O–H groups in total. The van der Waals surface area contributed by atoms with Gasteiger partial charge in [0.25, 0.3) is 5.69 Å². The average Bonchev–Trinajstić information content (AvgIpc) is 2.40. The third-order valence-corrected chi connectivity index (χ3v) is 2.76. The van der Waals surface area contributed by atoms with E-state index in [1.54, 1.807) is 0 Å². The molecule has 0 aromatic heterocycles. The number of carbonyl (C=O) groups is 1. The first-order valence-corrected chi connectivity index (χ1v) is 6.20. The molecular weight excluding hydrogens is 304 g/mol. The number of ether oxygens (including phenoxy) is 1. The fourth-order valence-corrected chi connectivity index (χ4v) is 1.79. The molecule has 1 amide bonds. The number of anilines is 1. The Labute approximate surface area is 123 Å². The number of alkyl carbamates (subject to hydrolysis) is 1. The van der Waals surface area contributed by atoms with E-state index in [2.05, 4.69) is 15.4 Å². The highest BCUT2D eigenvalue weighted by Gasteiger charge is 2.16. The number of thiocyanates is 1. The van der Waals surface area contributed by atoms with E-state index in [9.17, 15) is 14.9 Å². The van der Waals surface area contributed by atoms with Crippen LogP contribution in [0.1, 0.15) is 0 Å². The largest absolute Gasteiger partial charge is 0.453 e. The lowest BCUT2D eigenvalue weighted by Crippen LogP contribution is -2.34. The van der Waals surface area contributed by atoms with Gasteiger partial charge in [0.1, 0.15) is 11.1 Å². The summed E-state index contributed by atoms with van der Waals surface area (Å²) < 4.78 is 4.34. The molecular formula is C10H8N4O4S2. The molecule has 0 aliphatic carbocycles. The molecule has 1 aromatic carbocycles. The third-order valence-electron chi connectivity index (χ3n) is 1.98. The number of nitro groups is 1. The van der Waals surface area contributed by atoms with Gasteiger partial charge in [-0.2, -0.15) is 5.26 Å². The Morgan fingerprint density at radius 2 is 2.30 bits per heavy atom. The van der Waals surface area contributed by atoms with Crippen molar-refractivity contribution in [3.05, 3.63) is 28.3 Å². The zero-order valence-corrected chi connectivity index (χ0v) is 11.7. The van der Waals surface area contributed by atoms with E-state index in [0.717, 1.165) is 18.9 Å². The van der Waals surface area contributed by atoms with Gasteiger partial charge in [-0.25, -0.2) is 4.79 Å². The van der Waals surface area contributed by atoms with Crippen LogP contribution in [0, 0.1) is 20.8 Å². The number of nitrogens with zero attached hydrogens (tertiary/aromatic N) is 2. The molecule has 0 atom stereocenters. The van der Waals surface area contributed by atoms with Gasteiger partial charge in [-0.05, 0) is 36.1 Å². The van der Waals surface area contributed by atoms with Crippen molar-refractivity contribution in [3.8, 4) is 5.40 Å². The number of hydrogen-bond acceptors (Lipinski definition) is 7. The number of hydrogen-bond donors (Lipinski definition) is 2. The predicted octanol–water partition coefficient (Wildman–Crippen LogP) is 2.22. The monoisotopic (exact) mass is 312 g/mol. The SMILES string of the molecule is COC(=O)NC(=S)Nc1ccc(SC#N)cc1[N+](=O)[O-]. The van der Waals surface area contributed by atoms with Crippen molar-refractivity contribution in [2.75, 3.05) is 12.4 Å². The summed E-state index contributed by atoms with van der Waals surface area (Å²) in [7, 11) is 1.16. The average molecular weight is 312 g/mol. The molecule has 0 bridgehead atoms. The number of nitro benzene ring substituents is 1. The molecule has 1 rings (SSSR count). The highest BCUT2D eigenvalue weighted by molar-refractivity contribution is 8.03. The smallest absolute Gasteiger partial charge is 0.413 e. The summed E-state index contributed by atoms with van der Waals surface area (Å²) in [6.07, 6.45) is -0.790. The zero-order valence-electron chi connectivity index (χ0n) is 10.1. The zero-order chi connectivity index (χ0) is 15.1. The van der Waals surface area contributed by atoms with Crippen LogP contribution in [-0.2, 0) is 4.74 Å². The van der Waals surface area contributed by atoms with Gasteiger partial charge in [-0.15, -0.1) is 0 Å². The van der Waals surface area contributed by atoms with Crippen LogP contribution in [0.2, 0.25) is 0 Å². The van der Waals surface area contributed by atoms with Crippen LogP contribution in [0.25, 0.3) is 0 Å². The first kappa shape index (κ1) is 15.7. The summed E-state index contributed by atoms with van der Waals surface area (Å²) in [6.45, 7) is 0. The molecule has 10 heteroatoms. The first-order chi connectivity index (χ1) is 9.47. The fourth-order valence-electron chi connectivity index (χ4n) is 1.18. The Balaban J connectivity index is 2.95. The lowest BCUT2D eigenvalue weighted by Gasteiger charge is -2.09. The van der Waals surface area contributed by atoms with Crippen molar-refractivity contribution in [3.63, 3.8) is 0 Å². The van der Waals surface area contributed by atoms with Crippen molar-refractivity contribution in [2.45, 2.75) is 4.90 Å². The maximum Gasteiger partial charge on any atom is 0.413 e. The molecule has 0 fully saturated rings. The fraction of sp³-hybridized carbons (Fsp3) is 0.100. The van der Waals surface area contributed by atoms with Crippen molar-refractivity contribution >= 4 is 46.6 Å². The van der Waals surface area contributed by atoms with E-state index in [1.165, 1.54) is 18.2 Å². The molecule has 20 heavy (non-hydrogen) atoms. The molecule has 0 radical (unpaired) electrons. The number of carbonyl (C=O) groups excluding carboxylic acids is 1. The second-order valence-corrected chi connectivity index (χ2v) is 4.47. The van der Waals surface area contributed by atoms with Crippen LogP contribution in [-0.4, -0.2) is 23.2 Å². The van der Waals surface area contributed by atoms with Gasteiger partial charge >= 0.3 is 6.09 Å². The number of nitrogens with one attached hydrogen (secondary N) is 2. The van der Waals surface area contributed by atoms with Gasteiger partial charge in [0.2, 0.25) is 0 Å². The lowest BCUT2D eigenvalue weighted by molar-refractivity contribution is -0.384. The molecule has 8 nitrogen and oxygen atoms in total. The standard InChI is InChI=1S/C10H8N4O4S2/c1-18-10(15)13-9(19)12-7-3-2-6(20-5-11)4-8(7)14(16)17/h2-4H,1H3,(H2,12,13,15,19). The van der Waals surface area contributed by atoms with Crippen molar-refractivity contribution in [1.29, 1.82) is 5.26 Å². The van der Waals surface area contributed by atoms with Crippen LogP contribution in [0.3, 0.4) is 0 Å². The summed E-state index contributed by atoms with van der Waals surface area (Å²) >= 11 is 5.61. The summed E-state index contributed by atoms with van der Waals surface area (Å²) in [6, 6.07) is 4.14. The highest BCUT2D eigenvalue weighted by atomic mass is 32.2. The summed E-state index contributed by atoms with van der Waals surface area (Å²) in [5.74, 6) is 0. The molecule has 0 unspecified atom stereocenters. The highest BCUT2D eigenvalue weighted by Crippen LogP contribution is 2.29. The maximum atomic E-state index is 11.0. The molecule has 0 saturated heterocycles. The van der Waals surface area contributed by atoms with Gasteiger partial charge in [0.05, 0.1) is 12.0 Å². The molecule has 0 aliphatic rings. The van der Waals surface area contributed by atoms with Crippen LogP contribution in [0.4, 0.5) is 16.2 Å². The van der Waals surface area contributed by atoms with E-state index in [1.807, 2.05) is 5.40 Å². The van der Waals surface area contributed by atoms with Crippen molar-refractivity contribution < 1.29 is 14.5 Å². The number of benzene rings is 1. The second kappa shape index (κ2) is 7.27. The number of thioether (sulfide) groups is 1. The van der Waals surface area contributed by atoms with E-state index >= 15 is 0 Å². The van der Waals surface area contributed by atoms with E-state index in [-0.39, 0.29) is 16.5 Å².